The second kappa shape index (κ2) is 8.00. The van der Waals surface area contributed by atoms with E-state index in [-0.39, 0.29) is 0 Å². The molecule has 4 heterocycles. The summed E-state index contributed by atoms with van der Waals surface area (Å²) in [6, 6.07) is 0. The molecule has 5 rings (SSSR count). The summed E-state index contributed by atoms with van der Waals surface area (Å²) in [6.07, 6.45) is 9.24. The highest BCUT2D eigenvalue weighted by atomic mass is 32.2. The van der Waals surface area contributed by atoms with E-state index in [0.29, 0.717) is 0 Å². The van der Waals surface area contributed by atoms with Crippen LogP contribution in [0.1, 0.15) is 43.0 Å². The fourth-order valence-corrected chi connectivity index (χ4v) is 6.31. The van der Waals surface area contributed by atoms with Crippen molar-refractivity contribution < 1.29 is 4.90 Å². The standard InChI is InChI=1S/C22H29N5S2/c1-4-5-9-16-14-7-6-8-15(14)17-18-19(29-21(17)23-16)20(25-22(24-18)28-3)27-12-10-26(2)11-13-27/h4-13H2,1-3H3/p+1. The summed E-state index contributed by atoms with van der Waals surface area (Å²) in [5.74, 6) is 1.14. The number of nitrogens with one attached hydrogen (secondary N) is 1. The molecular formula is C22H30N5S2+. The van der Waals surface area contributed by atoms with Crippen molar-refractivity contribution in [2.24, 2.45) is 0 Å². The summed E-state index contributed by atoms with van der Waals surface area (Å²) in [5, 5.41) is 2.22. The van der Waals surface area contributed by atoms with Crippen molar-refractivity contribution in [3.8, 4) is 0 Å². The molecular weight excluding hydrogens is 398 g/mol. The van der Waals surface area contributed by atoms with Crippen LogP contribution in [-0.2, 0) is 19.3 Å². The summed E-state index contributed by atoms with van der Waals surface area (Å²) in [5.41, 5.74) is 5.56. The van der Waals surface area contributed by atoms with E-state index in [1.54, 1.807) is 16.7 Å². The molecule has 29 heavy (non-hydrogen) atoms. The van der Waals surface area contributed by atoms with Crippen molar-refractivity contribution in [1.29, 1.82) is 0 Å². The average molecular weight is 429 g/mol. The molecule has 0 saturated carbocycles. The number of likely N-dealkylation sites (N-methyl/N-ethyl adjacent to an activating group) is 1. The van der Waals surface area contributed by atoms with Crippen LogP contribution >= 0.6 is 23.1 Å². The highest BCUT2D eigenvalue weighted by Gasteiger charge is 2.27. The maximum atomic E-state index is 5.20. The number of aryl methyl sites for hydroxylation is 2. The zero-order chi connectivity index (χ0) is 20.0. The monoisotopic (exact) mass is 428 g/mol. The molecule has 3 aromatic heterocycles. The Labute approximate surface area is 180 Å². The first-order valence-electron chi connectivity index (χ1n) is 10.9. The van der Waals surface area contributed by atoms with E-state index >= 15 is 0 Å². The number of hydrogen-bond acceptors (Lipinski definition) is 6. The van der Waals surface area contributed by atoms with Crippen LogP contribution in [0, 0.1) is 0 Å². The summed E-state index contributed by atoms with van der Waals surface area (Å²) in [6.45, 7) is 6.72. The SMILES string of the molecule is CCCCc1nc2sc3c(N4CC[NH+](C)CC4)nc(SC)nc3c2c2c1CCC2. The van der Waals surface area contributed by atoms with Gasteiger partial charge in [0.2, 0.25) is 0 Å². The topological polar surface area (TPSA) is 46.4 Å². The number of nitrogens with zero attached hydrogens (tertiary/aromatic N) is 4. The second-order valence-electron chi connectivity index (χ2n) is 8.41. The second-order valence-corrected chi connectivity index (χ2v) is 10.2. The van der Waals surface area contributed by atoms with Crippen molar-refractivity contribution in [3.05, 3.63) is 16.8 Å². The largest absolute Gasteiger partial charge is 0.344 e. The lowest BCUT2D eigenvalue weighted by Crippen LogP contribution is -3.12. The maximum Gasteiger partial charge on any atom is 0.189 e. The number of unbranched alkanes of at least 4 members (excludes halogenated alkanes) is 1. The van der Waals surface area contributed by atoms with E-state index in [1.807, 2.05) is 11.3 Å². The molecule has 0 radical (unpaired) electrons. The Kier molecular flexibility index (Phi) is 5.39. The molecule has 1 aliphatic carbocycles. The smallest absolute Gasteiger partial charge is 0.189 e. The van der Waals surface area contributed by atoms with Crippen molar-refractivity contribution in [2.45, 2.75) is 50.6 Å². The van der Waals surface area contributed by atoms with Crippen LogP contribution in [0.5, 0.6) is 0 Å². The molecule has 7 heteroatoms. The Bertz CT molecular complexity index is 1050. The molecule has 1 aliphatic heterocycles. The summed E-state index contributed by atoms with van der Waals surface area (Å²) < 4.78 is 1.24. The molecule has 0 aromatic carbocycles. The van der Waals surface area contributed by atoms with E-state index in [1.165, 1.54) is 76.9 Å². The number of anilines is 1. The van der Waals surface area contributed by atoms with Crippen LogP contribution in [0.15, 0.2) is 5.16 Å². The molecule has 0 spiro atoms. The van der Waals surface area contributed by atoms with Gasteiger partial charge in [-0.15, -0.1) is 11.3 Å². The van der Waals surface area contributed by atoms with Gasteiger partial charge in [0.15, 0.2) is 11.0 Å². The molecule has 0 bridgehead atoms. The molecule has 0 amide bonds. The van der Waals surface area contributed by atoms with Crippen LogP contribution in [0.2, 0.25) is 0 Å². The van der Waals surface area contributed by atoms with Gasteiger partial charge in [0.05, 0.1) is 43.4 Å². The third-order valence-electron chi connectivity index (χ3n) is 6.45. The predicted molar refractivity (Wildman–Crippen MR) is 124 cm³/mol. The Morgan fingerprint density at radius 1 is 1.10 bits per heavy atom. The van der Waals surface area contributed by atoms with Crippen LogP contribution in [0.25, 0.3) is 20.4 Å². The zero-order valence-corrected chi connectivity index (χ0v) is 19.3. The molecule has 5 nitrogen and oxygen atoms in total. The van der Waals surface area contributed by atoms with Crippen molar-refractivity contribution in [3.63, 3.8) is 0 Å². The minimum atomic E-state index is 0.889. The molecule has 1 saturated heterocycles. The quantitative estimate of drug-likeness (QED) is 0.500. The molecule has 0 atom stereocenters. The number of hydrogen-bond donors (Lipinski definition) is 1. The maximum absolute atomic E-state index is 5.20. The highest BCUT2D eigenvalue weighted by molar-refractivity contribution is 7.98. The lowest BCUT2D eigenvalue weighted by atomic mass is 10.0. The summed E-state index contributed by atoms with van der Waals surface area (Å²) in [7, 11) is 2.28. The fourth-order valence-electron chi connectivity index (χ4n) is 4.77. The van der Waals surface area contributed by atoms with Crippen LogP contribution in [-0.4, -0.2) is 54.4 Å². The van der Waals surface area contributed by atoms with Gasteiger partial charge in [-0.05, 0) is 49.5 Å². The van der Waals surface area contributed by atoms with Gasteiger partial charge in [-0.25, -0.2) is 15.0 Å². The number of aromatic nitrogens is 3. The third kappa shape index (κ3) is 3.41. The Hall–Kier alpha value is -1.44. The van der Waals surface area contributed by atoms with Crippen molar-refractivity contribution in [1.82, 2.24) is 15.0 Å². The lowest BCUT2D eigenvalue weighted by Gasteiger charge is -2.31. The van der Waals surface area contributed by atoms with Crippen molar-refractivity contribution >= 4 is 49.3 Å². The highest BCUT2D eigenvalue weighted by Crippen LogP contribution is 2.43. The Balaban J connectivity index is 1.72. The van der Waals surface area contributed by atoms with E-state index in [4.69, 9.17) is 15.0 Å². The van der Waals surface area contributed by atoms with E-state index in [0.717, 1.165) is 36.0 Å². The first-order chi connectivity index (χ1) is 14.2. The van der Waals surface area contributed by atoms with Gasteiger partial charge in [0.25, 0.3) is 0 Å². The number of thiophene rings is 1. The van der Waals surface area contributed by atoms with Gasteiger partial charge in [0.1, 0.15) is 4.83 Å². The number of piperazine rings is 1. The van der Waals surface area contributed by atoms with Gasteiger partial charge < -0.3 is 9.80 Å². The normalized spacial score (nSPS) is 17.6. The number of pyridine rings is 1. The minimum Gasteiger partial charge on any atom is -0.344 e. The lowest BCUT2D eigenvalue weighted by molar-refractivity contribution is -0.880. The molecule has 1 N–H and O–H groups in total. The van der Waals surface area contributed by atoms with Gasteiger partial charge in [-0.3, -0.25) is 0 Å². The first-order valence-corrected chi connectivity index (χ1v) is 13.0. The minimum absolute atomic E-state index is 0.889. The van der Waals surface area contributed by atoms with E-state index in [9.17, 15) is 0 Å². The van der Waals surface area contributed by atoms with E-state index in [2.05, 4.69) is 25.1 Å². The van der Waals surface area contributed by atoms with Gasteiger partial charge in [-0.2, -0.15) is 0 Å². The van der Waals surface area contributed by atoms with Gasteiger partial charge in [-0.1, -0.05) is 25.1 Å². The number of rotatable bonds is 5. The number of fused-ring (bicyclic) bond motifs is 5. The molecule has 154 valence electrons. The Morgan fingerprint density at radius 2 is 1.90 bits per heavy atom. The van der Waals surface area contributed by atoms with Crippen LogP contribution in [0.3, 0.4) is 0 Å². The molecule has 2 aliphatic rings. The predicted octanol–water partition coefficient (Wildman–Crippen LogP) is 3.13. The number of quaternary nitrogens is 1. The van der Waals surface area contributed by atoms with Crippen LogP contribution < -0.4 is 9.80 Å². The third-order valence-corrected chi connectivity index (χ3v) is 8.06. The average Bonchev–Trinajstić information content (AvgIpc) is 3.36. The molecule has 1 fully saturated rings. The van der Waals surface area contributed by atoms with Gasteiger partial charge in [0, 0.05) is 11.1 Å². The van der Waals surface area contributed by atoms with Crippen molar-refractivity contribution in [2.75, 3.05) is 44.4 Å². The molecule has 0 unspecified atom stereocenters. The summed E-state index contributed by atoms with van der Waals surface area (Å²) in [4.78, 5) is 20.5. The zero-order valence-electron chi connectivity index (χ0n) is 17.7. The fraction of sp³-hybridized carbons (Fsp3) is 0.591. The molecule has 3 aromatic rings. The number of thioether (sulfide) groups is 1. The first kappa shape index (κ1) is 19.5. The summed E-state index contributed by atoms with van der Waals surface area (Å²) >= 11 is 3.47. The Morgan fingerprint density at radius 3 is 2.66 bits per heavy atom. The van der Waals surface area contributed by atoms with E-state index < -0.39 is 0 Å². The van der Waals surface area contributed by atoms with Crippen LogP contribution in [0.4, 0.5) is 5.82 Å². The van der Waals surface area contributed by atoms with Gasteiger partial charge >= 0.3 is 0 Å².